The molecule has 0 spiro atoms. The molecule has 1 amide bonds. The van der Waals surface area contributed by atoms with Gasteiger partial charge in [0.1, 0.15) is 5.75 Å². The largest absolute Gasteiger partial charge is 0.494 e. The van der Waals surface area contributed by atoms with Gasteiger partial charge in [0.15, 0.2) is 12.0 Å². The van der Waals surface area contributed by atoms with Gasteiger partial charge in [0, 0.05) is 11.8 Å². The third kappa shape index (κ3) is 1.31. The summed E-state index contributed by atoms with van der Waals surface area (Å²) in [6.07, 6.45) is 3.52. The van der Waals surface area contributed by atoms with Crippen molar-refractivity contribution in [3.05, 3.63) is 23.7 Å². The minimum atomic E-state index is -0.660. The Morgan fingerprint density at radius 2 is 2.38 bits per heavy atom. The van der Waals surface area contributed by atoms with Crippen LogP contribution in [0.3, 0.4) is 0 Å². The van der Waals surface area contributed by atoms with Crippen LogP contribution in [-0.4, -0.2) is 29.3 Å². The third-order valence-corrected chi connectivity index (χ3v) is 2.29. The van der Waals surface area contributed by atoms with Crippen molar-refractivity contribution >= 4 is 23.1 Å². The predicted molar refractivity (Wildman–Crippen MR) is 56.6 cm³/mol. The monoisotopic (exact) mass is 219 g/mol. The Labute approximate surface area is 90.4 Å². The van der Waals surface area contributed by atoms with Crippen molar-refractivity contribution in [2.24, 2.45) is 5.73 Å². The number of amides is 1. The van der Waals surface area contributed by atoms with E-state index in [4.69, 9.17) is 10.5 Å². The van der Waals surface area contributed by atoms with Gasteiger partial charge in [0.2, 0.25) is 0 Å². The molecule has 0 aromatic carbocycles. The van der Waals surface area contributed by atoms with E-state index in [1.165, 1.54) is 19.5 Å². The summed E-state index contributed by atoms with van der Waals surface area (Å²) >= 11 is 0. The van der Waals surface area contributed by atoms with E-state index >= 15 is 0 Å². The molecule has 16 heavy (non-hydrogen) atoms. The van der Waals surface area contributed by atoms with E-state index in [0.717, 1.165) is 0 Å². The zero-order chi connectivity index (χ0) is 11.7. The highest BCUT2D eigenvalue weighted by atomic mass is 16.5. The van der Waals surface area contributed by atoms with E-state index < -0.39 is 5.91 Å². The van der Waals surface area contributed by atoms with Crippen molar-refractivity contribution in [1.29, 1.82) is 0 Å². The first-order valence-corrected chi connectivity index (χ1v) is 4.48. The maximum Gasteiger partial charge on any atom is 0.269 e. The Bertz CT molecular complexity index is 574. The fourth-order valence-corrected chi connectivity index (χ4v) is 1.58. The van der Waals surface area contributed by atoms with Gasteiger partial charge < -0.3 is 15.5 Å². The highest BCUT2D eigenvalue weighted by Crippen LogP contribution is 2.28. The van der Waals surface area contributed by atoms with E-state index in [2.05, 4.69) is 9.97 Å². The smallest absolute Gasteiger partial charge is 0.269 e. The Morgan fingerprint density at radius 1 is 1.62 bits per heavy atom. The summed E-state index contributed by atoms with van der Waals surface area (Å²) in [5, 5.41) is 0.515. The molecule has 0 fully saturated rings. The first-order valence-electron chi connectivity index (χ1n) is 4.48. The van der Waals surface area contributed by atoms with Crippen molar-refractivity contribution in [3.63, 3.8) is 0 Å². The van der Waals surface area contributed by atoms with Gasteiger partial charge in [-0.3, -0.25) is 9.59 Å². The Kier molecular flexibility index (Phi) is 2.32. The van der Waals surface area contributed by atoms with E-state index in [1.54, 1.807) is 0 Å². The molecule has 0 aliphatic heterocycles. The van der Waals surface area contributed by atoms with Crippen LogP contribution in [0.4, 0.5) is 0 Å². The Morgan fingerprint density at radius 3 is 2.94 bits per heavy atom. The number of carbonyl (C=O) groups is 2. The molecule has 2 heterocycles. The van der Waals surface area contributed by atoms with Crippen molar-refractivity contribution in [3.8, 4) is 5.75 Å². The predicted octanol–water partition coefficient (Wildman–Crippen LogP) is 0.483. The number of aromatic nitrogens is 2. The molecule has 6 heteroatoms. The molecular formula is C10H9N3O3. The third-order valence-electron chi connectivity index (χ3n) is 2.29. The number of ether oxygens (including phenoxy) is 1. The van der Waals surface area contributed by atoms with Gasteiger partial charge in [0.25, 0.3) is 5.91 Å². The minimum absolute atomic E-state index is 0.0869. The van der Waals surface area contributed by atoms with Gasteiger partial charge in [-0.2, -0.15) is 0 Å². The quantitative estimate of drug-likeness (QED) is 0.733. The Hall–Kier alpha value is -2.37. The summed E-state index contributed by atoms with van der Waals surface area (Å²) in [4.78, 5) is 28.6. The van der Waals surface area contributed by atoms with Gasteiger partial charge in [-0.1, -0.05) is 0 Å². The normalized spacial score (nSPS) is 10.3. The molecule has 2 aromatic rings. The number of aldehydes is 1. The molecule has 2 aromatic heterocycles. The molecule has 0 aliphatic carbocycles. The van der Waals surface area contributed by atoms with Crippen LogP contribution < -0.4 is 10.5 Å². The molecular weight excluding hydrogens is 210 g/mol. The highest BCUT2D eigenvalue weighted by Gasteiger charge is 2.16. The van der Waals surface area contributed by atoms with Crippen molar-refractivity contribution < 1.29 is 14.3 Å². The summed E-state index contributed by atoms with van der Waals surface area (Å²) in [7, 11) is 1.46. The topological polar surface area (TPSA) is 98.1 Å². The number of nitrogens with zero attached hydrogens (tertiary/aromatic N) is 1. The molecule has 3 N–H and O–H groups in total. The number of hydrogen-bond acceptors (Lipinski definition) is 4. The number of nitrogens with one attached hydrogen (secondary N) is 1. The van der Waals surface area contributed by atoms with Crippen LogP contribution in [0.25, 0.3) is 10.9 Å². The molecule has 82 valence electrons. The lowest BCUT2D eigenvalue weighted by Gasteiger charge is -2.04. The van der Waals surface area contributed by atoms with E-state index in [1.807, 2.05) is 0 Å². The number of nitrogens with two attached hydrogens (primary N) is 1. The molecule has 0 radical (unpaired) electrons. The lowest BCUT2D eigenvalue weighted by Crippen LogP contribution is -2.13. The molecule has 0 bridgehead atoms. The van der Waals surface area contributed by atoms with Crippen molar-refractivity contribution in [2.45, 2.75) is 0 Å². The molecule has 6 nitrogen and oxygen atoms in total. The van der Waals surface area contributed by atoms with Crippen LogP contribution in [-0.2, 0) is 0 Å². The number of carbonyl (C=O) groups excluding carboxylic acids is 2. The van der Waals surface area contributed by atoms with E-state index in [-0.39, 0.29) is 5.69 Å². The van der Waals surface area contributed by atoms with Gasteiger partial charge in [-0.15, -0.1) is 0 Å². The van der Waals surface area contributed by atoms with Crippen molar-refractivity contribution in [1.82, 2.24) is 9.97 Å². The summed E-state index contributed by atoms with van der Waals surface area (Å²) in [5.41, 5.74) is 6.07. The molecule has 0 saturated heterocycles. The van der Waals surface area contributed by atoms with Crippen LogP contribution in [0.5, 0.6) is 5.75 Å². The SMILES string of the molecule is COc1cnc(C(N)=O)c2[nH]cc(C=O)c12. The van der Waals surface area contributed by atoms with Crippen LogP contribution >= 0.6 is 0 Å². The maximum atomic E-state index is 11.1. The molecule has 0 aliphatic rings. The fraction of sp³-hybridized carbons (Fsp3) is 0.100. The van der Waals surface area contributed by atoms with Crippen molar-refractivity contribution in [2.75, 3.05) is 7.11 Å². The van der Waals surface area contributed by atoms with Gasteiger partial charge in [0.05, 0.1) is 24.2 Å². The van der Waals surface area contributed by atoms with Gasteiger partial charge in [-0.25, -0.2) is 4.98 Å². The number of rotatable bonds is 3. The van der Waals surface area contributed by atoms with E-state index in [0.29, 0.717) is 28.5 Å². The van der Waals surface area contributed by atoms with Crippen LogP contribution in [0.15, 0.2) is 12.4 Å². The van der Waals surface area contributed by atoms with Crippen LogP contribution in [0, 0.1) is 0 Å². The van der Waals surface area contributed by atoms with Crippen LogP contribution in [0.1, 0.15) is 20.8 Å². The van der Waals surface area contributed by atoms with Gasteiger partial charge in [-0.05, 0) is 0 Å². The summed E-state index contributed by atoms with van der Waals surface area (Å²) < 4.78 is 5.07. The lowest BCUT2D eigenvalue weighted by molar-refractivity contribution is 0.0996. The minimum Gasteiger partial charge on any atom is -0.494 e. The number of H-pyrrole nitrogens is 1. The average molecular weight is 219 g/mol. The van der Waals surface area contributed by atoms with Gasteiger partial charge >= 0.3 is 0 Å². The number of hydrogen-bond donors (Lipinski definition) is 2. The summed E-state index contributed by atoms with van der Waals surface area (Å²) in [6.45, 7) is 0. The second-order valence-corrected chi connectivity index (χ2v) is 3.15. The number of fused-ring (bicyclic) bond motifs is 1. The fourth-order valence-electron chi connectivity index (χ4n) is 1.58. The lowest BCUT2D eigenvalue weighted by atomic mass is 10.1. The molecule has 0 atom stereocenters. The number of pyridine rings is 1. The summed E-state index contributed by atoms with van der Waals surface area (Å²) in [5.74, 6) is -0.240. The second kappa shape index (κ2) is 3.65. The second-order valence-electron chi connectivity index (χ2n) is 3.15. The standard InChI is InChI=1S/C10H9N3O3/c1-16-6-3-13-9(10(11)15)8-7(6)5(4-14)2-12-8/h2-4,12H,1H3,(H2,11,15). The number of methoxy groups -OCH3 is 1. The molecule has 0 saturated carbocycles. The van der Waals surface area contributed by atoms with E-state index in [9.17, 15) is 9.59 Å². The maximum absolute atomic E-state index is 11.1. The molecule has 2 rings (SSSR count). The highest BCUT2D eigenvalue weighted by molar-refractivity contribution is 6.09. The zero-order valence-corrected chi connectivity index (χ0v) is 8.48. The zero-order valence-electron chi connectivity index (χ0n) is 8.48. The van der Waals surface area contributed by atoms with Crippen LogP contribution in [0.2, 0.25) is 0 Å². The number of aromatic amines is 1. The number of primary amides is 1. The summed E-state index contributed by atoms with van der Waals surface area (Å²) in [6, 6.07) is 0. The molecule has 0 unspecified atom stereocenters. The first-order chi connectivity index (χ1) is 7.69. The first kappa shape index (κ1) is 10.2. The Balaban J connectivity index is 2.87. The average Bonchev–Trinajstić information content (AvgIpc) is 2.71.